The largest absolute Gasteiger partial charge is 0.348 e. The van der Waals surface area contributed by atoms with Gasteiger partial charge in [0.2, 0.25) is 0 Å². The van der Waals surface area contributed by atoms with E-state index in [4.69, 9.17) is 0 Å². The Kier molecular flexibility index (Phi) is 4.65. The first-order valence-corrected chi connectivity index (χ1v) is 9.71. The van der Waals surface area contributed by atoms with Crippen LogP contribution < -0.4 is 9.80 Å². The predicted octanol–water partition coefficient (Wildman–Crippen LogP) is 5.90. The molecule has 0 saturated carbocycles. The van der Waals surface area contributed by atoms with E-state index in [0.29, 0.717) is 0 Å². The highest BCUT2D eigenvalue weighted by atomic mass is 15.4. The van der Waals surface area contributed by atoms with E-state index in [0.717, 1.165) is 19.8 Å². The normalized spacial score (nSPS) is 13.2. The number of para-hydroxylation sites is 2. The Bertz CT molecular complexity index is 855. The summed E-state index contributed by atoms with van der Waals surface area (Å²) in [5, 5.41) is 0. The van der Waals surface area contributed by atoms with Gasteiger partial charge in [-0.2, -0.15) is 0 Å². The fraction of sp³-hybridized carbons (Fsp3) is 0.280. The third kappa shape index (κ3) is 3.85. The molecule has 138 valence electrons. The van der Waals surface area contributed by atoms with Crippen LogP contribution >= 0.6 is 0 Å². The molecule has 0 fully saturated rings. The standard InChI is InChI=1S/C25H28N2/c1-18-9-19(2)12-22(11-18)15-26-17-27(25-8-6-5-7-24(25)26)16-23-13-20(3)10-21(4)14-23/h5-14H,15-17H2,1-4H3. The summed E-state index contributed by atoms with van der Waals surface area (Å²) in [6, 6.07) is 22.5. The minimum absolute atomic E-state index is 0.930. The van der Waals surface area contributed by atoms with Crippen molar-refractivity contribution in [2.45, 2.75) is 40.8 Å². The molecule has 3 aromatic carbocycles. The number of benzene rings is 3. The van der Waals surface area contributed by atoms with Gasteiger partial charge < -0.3 is 9.80 Å². The lowest BCUT2D eigenvalue weighted by Gasteiger charge is -2.23. The molecular weight excluding hydrogens is 328 g/mol. The highest BCUT2D eigenvalue weighted by Gasteiger charge is 2.25. The Balaban J connectivity index is 1.60. The quantitative estimate of drug-likeness (QED) is 0.574. The maximum atomic E-state index is 2.49. The summed E-state index contributed by atoms with van der Waals surface area (Å²) in [7, 11) is 0. The Morgan fingerprint density at radius 3 is 1.33 bits per heavy atom. The van der Waals surface area contributed by atoms with E-state index < -0.39 is 0 Å². The third-order valence-electron chi connectivity index (χ3n) is 5.21. The lowest BCUT2D eigenvalue weighted by Crippen LogP contribution is -2.30. The highest BCUT2D eigenvalue weighted by Crippen LogP contribution is 2.37. The Morgan fingerprint density at radius 2 is 0.963 bits per heavy atom. The van der Waals surface area contributed by atoms with Gasteiger partial charge >= 0.3 is 0 Å². The van der Waals surface area contributed by atoms with E-state index >= 15 is 0 Å². The van der Waals surface area contributed by atoms with Gasteiger partial charge in [-0.1, -0.05) is 70.8 Å². The zero-order chi connectivity index (χ0) is 19.0. The average molecular weight is 357 g/mol. The van der Waals surface area contributed by atoms with Crippen molar-refractivity contribution in [2.24, 2.45) is 0 Å². The van der Waals surface area contributed by atoms with Crippen molar-refractivity contribution in [1.29, 1.82) is 0 Å². The zero-order valence-electron chi connectivity index (χ0n) is 16.8. The molecule has 0 unspecified atom stereocenters. The first-order valence-electron chi connectivity index (χ1n) is 9.71. The molecule has 2 heteroatoms. The second kappa shape index (κ2) is 7.11. The average Bonchev–Trinajstić information content (AvgIpc) is 2.91. The van der Waals surface area contributed by atoms with Crippen molar-refractivity contribution >= 4 is 11.4 Å². The second-order valence-electron chi connectivity index (χ2n) is 8.02. The molecule has 3 aromatic rings. The van der Waals surface area contributed by atoms with E-state index in [1.807, 2.05) is 0 Å². The minimum atomic E-state index is 0.930. The molecule has 27 heavy (non-hydrogen) atoms. The molecule has 1 aliphatic heterocycles. The number of anilines is 2. The molecular formula is C25H28N2. The Hall–Kier alpha value is -2.74. The molecule has 2 nitrogen and oxygen atoms in total. The molecule has 0 radical (unpaired) electrons. The molecule has 0 spiro atoms. The Labute approximate surface area is 163 Å². The second-order valence-corrected chi connectivity index (χ2v) is 8.02. The Morgan fingerprint density at radius 1 is 0.593 bits per heavy atom. The van der Waals surface area contributed by atoms with Crippen molar-refractivity contribution < 1.29 is 0 Å². The molecule has 0 saturated heterocycles. The van der Waals surface area contributed by atoms with Gasteiger partial charge in [0, 0.05) is 13.1 Å². The maximum Gasteiger partial charge on any atom is 0.0911 e. The number of fused-ring (bicyclic) bond motifs is 1. The molecule has 4 rings (SSSR count). The third-order valence-corrected chi connectivity index (χ3v) is 5.21. The lowest BCUT2D eigenvalue weighted by molar-refractivity contribution is 0.762. The van der Waals surface area contributed by atoms with E-state index in [9.17, 15) is 0 Å². The van der Waals surface area contributed by atoms with Gasteiger partial charge in [0.25, 0.3) is 0 Å². The molecule has 1 heterocycles. The first kappa shape index (κ1) is 17.7. The van der Waals surface area contributed by atoms with Crippen LogP contribution in [-0.2, 0) is 13.1 Å². The van der Waals surface area contributed by atoms with Crippen LogP contribution in [0.5, 0.6) is 0 Å². The summed E-state index contributed by atoms with van der Waals surface area (Å²) in [5.41, 5.74) is 10.8. The summed E-state index contributed by atoms with van der Waals surface area (Å²) >= 11 is 0. The van der Waals surface area contributed by atoms with Crippen molar-refractivity contribution in [1.82, 2.24) is 0 Å². The molecule has 0 atom stereocenters. The van der Waals surface area contributed by atoms with Crippen LogP contribution in [0.2, 0.25) is 0 Å². The van der Waals surface area contributed by atoms with Gasteiger partial charge in [-0.3, -0.25) is 0 Å². The summed E-state index contributed by atoms with van der Waals surface area (Å²) < 4.78 is 0. The monoisotopic (exact) mass is 356 g/mol. The van der Waals surface area contributed by atoms with Gasteiger partial charge in [-0.25, -0.2) is 0 Å². The van der Waals surface area contributed by atoms with E-state index in [1.54, 1.807) is 0 Å². The first-order chi connectivity index (χ1) is 13.0. The molecule has 0 bridgehead atoms. The topological polar surface area (TPSA) is 6.48 Å². The van der Waals surface area contributed by atoms with Crippen LogP contribution in [0.4, 0.5) is 11.4 Å². The summed E-state index contributed by atoms with van der Waals surface area (Å²) in [4.78, 5) is 4.98. The van der Waals surface area contributed by atoms with Crippen molar-refractivity contribution in [3.05, 3.63) is 94.0 Å². The van der Waals surface area contributed by atoms with Gasteiger partial charge in [-0.05, 0) is 51.0 Å². The number of hydrogen-bond acceptors (Lipinski definition) is 2. The number of hydrogen-bond donors (Lipinski definition) is 0. The number of aryl methyl sites for hydroxylation is 4. The van der Waals surface area contributed by atoms with Crippen LogP contribution in [0.1, 0.15) is 33.4 Å². The minimum Gasteiger partial charge on any atom is -0.348 e. The van der Waals surface area contributed by atoms with Crippen molar-refractivity contribution in [2.75, 3.05) is 16.5 Å². The summed E-state index contributed by atoms with van der Waals surface area (Å²) in [6.07, 6.45) is 0. The van der Waals surface area contributed by atoms with Gasteiger partial charge in [0.05, 0.1) is 18.0 Å². The number of nitrogens with zero attached hydrogens (tertiary/aromatic N) is 2. The van der Waals surface area contributed by atoms with Crippen molar-refractivity contribution in [3.8, 4) is 0 Å². The smallest absolute Gasteiger partial charge is 0.0911 e. The SMILES string of the molecule is Cc1cc(C)cc(CN2CN(Cc3cc(C)cc(C)c3)c3ccccc32)c1. The van der Waals surface area contributed by atoms with Gasteiger partial charge in [0.15, 0.2) is 0 Å². The molecule has 1 aliphatic rings. The van der Waals surface area contributed by atoms with E-state index in [-0.39, 0.29) is 0 Å². The predicted molar refractivity (Wildman–Crippen MR) is 116 cm³/mol. The summed E-state index contributed by atoms with van der Waals surface area (Å²) in [5.74, 6) is 0. The molecule has 0 N–H and O–H groups in total. The molecule has 0 aromatic heterocycles. The molecule has 0 aliphatic carbocycles. The number of rotatable bonds is 4. The van der Waals surface area contributed by atoms with Crippen LogP contribution in [0.25, 0.3) is 0 Å². The van der Waals surface area contributed by atoms with Crippen LogP contribution in [-0.4, -0.2) is 6.67 Å². The van der Waals surface area contributed by atoms with Gasteiger partial charge in [0.1, 0.15) is 0 Å². The van der Waals surface area contributed by atoms with Crippen LogP contribution in [0.15, 0.2) is 60.7 Å². The van der Waals surface area contributed by atoms with Crippen LogP contribution in [0.3, 0.4) is 0 Å². The summed E-state index contributed by atoms with van der Waals surface area (Å²) in [6.45, 7) is 11.5. The van der Waals surface area contributed by atoms with E-state index in [1.165, 1.54) is 44.8 Å². The van der Waals surface area contributed by atoms with Gasteiger partial charge in [-0.15, -0.1) is 0 Å². The highest BCUT2D eigenvalue weighted by molar-refractivity contribution is 5.76. The zero-order valence-corrected chi connectivity index (χ0v) is 16.8. The lowest BCUT2D eigenvalue weighted by atomic mass is 10.1. The fourth-order valence-electron chi connectivity index (χ4n) is 4.39. The van der Waals surface area contributed by atoms with E-state index in [2.05, 4.69) is 98.2 Å². The van der Waals surface area contributed by atoms with Crippen molar-refractivity contribution in [3.63, 3.8) is 0 Å². The fourth-order valence-corrected chi connectivity index (χ4v) is 4.39. The maximum absolute atomic E-state index is 2.49. The molecule has 0 amide bonds. The van der Waals surface area contributed by atoms with Crippen LogP contribution in [0, 0.1) is 27.7 Å².